The molecule has 0 saturated carbocycles. The first-order valence-corrected chi connectivity index (χ1v) is 30.0. The van der Waals surface area contributed by atoms with Crippen molar-refractivity contribution < 1.29 is 28.6 Å². The van der Waals surface area contributed by atoms with Gasteiger partial charge in [-0.25, -0.2) is 0 Å². The van der Waals surface area contributed by atoms with Crippen molar-refractivity contribution in [3.63, 3.8) is 0 Å². The van der Waals surface area contributed by atoms with E-state index in [-0.39, 0.29) is 31.1 Å². The van der Waals surface area contributed by atoms with Crippen LogP contribution >= 0.6 is 0 Å². The zero-order valence-electron chi connectivity index (χ0n) is 47.4. The molecule has 0 amide bonds. The fourth-order valence-electron chi connectivity index (χ4n) is 7.98. The van der Waals surface area contributed by atoms with Gasteiger partial charge < -0.3 is 14.2 Å². The van der Waals surface area contributed by atoms with E-state index in [4.69, 9.17) is 14.2 Å². The third-order valence-corrected chi connectivity index (χ3v) is 12.4. The van der Waals surface area contributed by atoms with E-state index in [1.165, 1.54) is 83.5 Å². The van der Waals surface area contributed by atoms with E-state index in [0.29, 0.717) is 19.3 Å². The van der Waals surface area contributed by atoms with E-state index in [0.717, 1.165) is 141 Å². The van der Waals surface area contributed by atoms with Gasteiger partial charge in [-0.3, -0.25) is 14.4 Å². The molecule has 0 fully saturated rings. The number of ether oxygens (including phenoxy) is 3. The van der Waals surface area contributed by atoms with Crippen LogP contribution in [0.2, 0.25) is 0 Å². The Bertz CT molecular complexity index is 1540. The monoisotopic (exact) mass is 1010 g/mol. The molecule has 0 N–H and O–H groups in total. The van der Waals surface area contributed by atoms with Gasteiger partial charge >= 0.3 is 17.9 Å². The summed E-state index contributed by atoms with van der Waals surface area (Å²) in [5.41, 5.74) is 0. The maximum absolute atomic E-state index is 12.9. The molecule has 0 radical (unpaired) electrons. The molecule has 6 nitrogen and oxygen atoms in total. The summed E-state index contributed by atoms with van der Waals surface area (Å²) in [5, 5.41) is 0. The second kappa shape index (κ2) is 60.4. The lowest BCUT2D eigenvalue weighted by Gasteiger charge is -2.18. The number of allylic oxidation sites excluding steroid dienone is 20. The molecule has 0 spiro atoms. The summed E-state index contributed by atoms with van der Waals surface area (Å²) in [6, 6.07) is 0. The van der Waals surface area contributed by atoms with Gasteiger partial charge in [-0.15, -0.1) is 0 Å². The molecule has 0 heterocycles. The Morgan fingerprint density at radius 1 is 0.288 bits per heavy atom. The van der Waals surface area contributed by atoms with Crippen molar-refractivity contribution in [3.05, 3.63) is 122 Å². The minimum Gasteiger partial charge on any atom is -0.462 e. The Morgan fingerprint density at radius 2 is 0.534 bits per heavy atom. The first kappa shape index (κ1) is 68.8. The maximum atomic E-state index is 12.9. The average Bonchev–Trinajstić information content (AvgIpc) is 3.39. The highest BCUT2D eigenvalue weighted by atomic mass is 16.6. The standard InChI is InChI=1S/C67H110O6/c1-4-7-10-13-16-19-22-25-27-28-29-30-31-32-33-34-35-36-37-38-40-42-45-48-51-54-57-60-66(69)72-63-64(62-71-65(68)59-56-53-50-47-44-41-24-21-18-15-12-9-6-3)73-67(70)61-58-55-52-49-46-43-39-26-23-20-17-14-11-8-5-2/h7,9-10,12,16-21,25-27,29-30,32-33,39,41,44,64H,4-6,8,11,13-15,22-24,28,31,34-38,40,42-43,45-63H2,1-3H3/b10-7-,12-9-,19-16-,20-17-,21-18-,27-25-,30-29-,33-32-,39-26-,44-41-. The zero-order chi connectivity index (χ0) is 52.9. The molecule has 1 atom stereocenters. The number of rotatable bonds is 53. The summed E-state index contributed by atoms with van der Waals surface area (Å²) in [4.78, 5) is 38.2. The number of unbranched alkanes of at least 4 members (excludes halogenated alkanes) is 22. The lowest BCUT2D eigenvalue weighted by atomic mass is 10.0. The van der Waals surface area contributed by atoms with Crippen LogP contribution in [0.15, 0.2) is 122 Å². The molecule has 0 rings (SSSR count). The predicted octanol–water partition coefficient (Wildman–Crippen LogP) is 20.4. The zero-order valence-corrected chi connectivity index (χ0v) is 47.4. The van der Waals surface area contributed by atoms with Crippen molar-refractivity contribution in [1.82, 2.24) is 0 Å². The Morgan fingerprint density at radius 3 is 0.849 bits per heavy atom. The van der Waals surface area contributed by atoms with Gasteiger partial charge in [0.25, 0.3) is 0 Å². The molecule has 0 aromatic rings. The summed E-state index contributed by atoms with van der Waals surface area (Å²) < 4.78 is 16.8. The van der Waals surface area contributed by atoms with Gasteiger partial charge in [-0.05, 0) is 128 Å². The second-order valence-corrected chi connectivity index (χ2v) is 19.5. The van der Waals surface area contributed by atoms with Gasteiger partial charge in [0.05, 0.1) is 0 Å². The SMILES string of the molecule is CC/C=C\C/C=C\C/C=C\C/C=C\C/C=C\CCCCCCCCCCCCCC(=O)OCC(COC(=O)CCCCC/C=C\C/C=C\C/C=C\CC)OC(=O)CCCCCCC/C=C\C/C=C\CCCCC. The lowest BCUT2D eigenvalue weighted by Crippen LogP contribution is -2.30. The number of hydrogen-bond donors (Lipinski definition) is 0. The summed E-state index contributed by atoms with van der Waals surface area (Å²) in [6.07, 6.45) is 83.4. The van der Waals surface area contributed by atoms with E-state index in [1.807, 2.05) is 0 Å². The molecule has 414 valence electrons. The largest absolute Gasteiger partial charge is 0.462 e. The van der Waals surface area contributed by atoms with Crippen molar-refractivity contribution >= 4 is 17.9 Å². The van der Waals surface area contributed by atoms with Crippen molar-refractivity contribution in [3.8, 4) is 0 Å². The molecular formula is C67H110O6. The Kier molecular flexibility index (Phi) is 56.9. The molecule has 6 heteroatoms. The highest BCUT2D eigenvalue weighted by Gasteiger charge is 2.19. The van der Waals surface area contributed by atoms with E-state index in [9.17, 15) is 14.4 Å². The van der Waals surface area contributed by atoms with Gasteiger partial charge in [-0.1, -0.05) is 239 Å². The molecule has 0 bridgehead atoms. The maximum Gasteiger partial charge on any atom is 0.306 e. The fraction of sp³-hybridized carbons (Fsp3) is 0.657. The molecular weight excluding hydrogens is 901 g/mol. The van der Waals surface area contributed by atoms with Gasteiger partial charge in [-0.2, -0.15) is 0 Å². The van der Waals surface area contributed by atoms with E-state index in [1.54, 1.807) is 0 Å². The quantitative estimate of drug-likeness (QED) is 0.0261. The van der Waals surface area contributed by atoms with Crippen LogP contribution < -0.4 is 0 Å². The second-order valence-electron chi connectivity index (χ2n) is 19.5. The van der Waals surface area contributed by atoms with E-state index in [2.05, 4.69) is 142 Å². The molecule has 0 aromatic heterocycles. The lowest BCUT2D eigenvalue weighted by molar-refractivity contribution is -0.167. The highest BCUT2D eigenvalue weighted by Crippen LogP contribution is 2.15. The minimum atomic E-state index is -0.802. The van der Waals surface area contributed by atoms with Crippen LogP contribution in [0.25, 0.3) is 0 Å². The van der Waals surface area contributed by atoms with Crippen LogP contribution in [-0.4, -0.2) is 37.2 Å². The topological polar surface area (TPSA) is 78.9 Å². The van der Waals surface area contributed by atoms with Crippen LogP contribution in [0.1, 0.15) is 265 Å². The van der Waals surface area contributed by atoms with Crippen LogP contribution in [0.5, 0.6) is 0 Å². The van der Waals surface area contributed by atoms with Gasteiger partial charge in [0.15, 0.2) is 6.10 Å². The van der Waals surface area contributed by atoms with Gasteiger partial charge in [0.1, 0.15) is 13.2 Å². The highest BCUT2D eigenvalue weighted by molar-refractivity contribution is 5.71. The van der Waals surface area contributed by atoms with Crippen molar-refractivity contribution in [2.24, 2.45) is 0 Å². The third kappa shape index (κ3) is 58.6. The number of carbonyl (C=O) groups excluding carboxylic acids is 3. The first-order chi connectivity index (χ1) is 36.0. The van der Waals surface area contributed by atoms with Crippen LogP contribution in [0.4, 0.5) is 0 Å². The van der Waals surface area contributed by atoms with Crippen molar-refractivity contribution in [2.45, 2.75) is 271 Å². The molecule has 1 unspecified atom stereocenters. The summed E-state index contributed by atoms with van der Waals surface area (Å²) in [5.74, 6) is -0.944. The third-order valence-electron chi connectivity index (χ3n) is 12.4. The summed E-state index contributed by atoms with van der Waals surface area (Å²) >= 11 is 0. The number of esters is 3. The smallest absolute Gasteiger partial charge is 0.306 e. The molecule has 0 aliphatic heterocycles. The molecule has 0 saturated heterocycles. The summed E-state index contributed by atoms with van der Waals surface area (Å²) in [7, 11) is 0. The van der Waals surface area contributed by atoms with Crippen LogP contribution in [-0.2, 0) is 28.6 Å². The predicted molar refractivity (Wildman–Crippen MR) is 316 cm³/mol. The number of hydrogen-bond acceptors (Lipinski definition) is 6. The van der Waals surface area contributed by atoms with E-state index < -0.39 is 6.10 Å². The molecule has 0 aromatic carbocycles. The van der Waals surface area contributed by atoms with Gasteiger partial charge in [0, 0.05) is 19.3 Å². The minimum absolute atomic E-state index is 0.0969. The Hall–Kier alpha value is -4.19. The van der Waals surface area contributed by atoms with Crippen molar-refractivity contribution in [2.75, 3.05) is 13.2 Å². The number of carbonyl (C=O) groups is 3. The fourth-order valence-corrected chi connectivity index (χ4v) is 7.98. The Labute approximate surface area is 450 Å². The molecule has 0 aliphatic rings. The van der Waals surface area contributed by atoms with E-state index >= 15 is 0 Å². The summed E-state index contributed by atoms with van der Waals surface area (Å²) in [6.45, 7) is 6.35. The first-order valence-electron chi connectivity index (χ1n) is 30.0. The van der Waals surface area contributed by atoms with Gasteiger partial charge in [0.2, 0.25) is 0 Å². The molecule has 0 aliphatic carbocycles. The van der Waals surface area contributed by atoms with Crippen LogP contribution in [0.3, 0.4) is 0 Å². The van der Waals surface area contributed by atoms with Crippen molar-refractivity contribution in [1.29, 1.82) is 0 Å². The van der Waals surface area contributed by atoms with Crippen LogP contribution in [0, 0.1) is 0 Å². The normalized spacial score (nSPS) is 13.0. The average molecular weight is 1010 g/mol. The molecule has 73 heavy (non-hydrogen) atoms. The Balaban J connectivity index is 4.33.